The average Bonchev–Trinajstić information content (AvgIpc) is 2.48. The fourth-order valence-corrected chi connectivity index (χ4v) is 2.76. The van der Waals surface area contributed by atoms with Gasteiger partial charge in [-0.05, 0) is 56.9 Å². The molecule has 19 heavy (non-hydrogen) atoms. The minimum Gasteiger partial charge on any atom is -0.303 e. The number of benzene rings is 1. The number of Topliss-reactive ketones (excluding diaryl/α,β-unsaturated/α-hetero) is 1. The van der Waals surface area contributed by atoms with Gasteiger partial charge in [0, 0.05) is 12.0 Å². The van der Waals surface area contributed by atoms with Crippen LogP contribution in [-0.4, -0.2) is 30.3 Å². The van der Waals surface area contributed by atoms with Gasteiger partial charge in [0.25, 0.3) is 0 Å². The maximum Gasteiger partial charge on any atom is 0.162 e. The first kappa shape index (κ1) is 14.3. The van der Waals surface area contributed by atoms with Gasteiger partial charge in [0.15, 0.2) is 5.78 Å². The first-order valence-corrected chi connectivity index (χ1v) is 7.64. The average molecular weight is 259 g/mol. The Bertz CT molecular complexity index is 407. The lowest BCUT2D eigenvalue weighted by molar-refractivity contribution is 0.0973. The van der Waals surface area contributed by atoms with Crippen molar-refractivity contribution in [2.45, 2.75) is 45.4 Å². The van der Waals surface area contributed by atoms with E-state index in [1.54, 1.807) is 0 Å². The van der Waals surface area contributed by atoms with Crippen LogP contribution in [0.15, 0.2) is 24.3 Å². The van der Waals surface area contributed by atoms with Crippen molar-refractivity contribution in [1.29, 1.82) is 0 Å². The van der Waals surface area contributed by atoms with Gasteiger partial charge in [-0.15, -0.1) is 0 Å². The van der Waals surface area contributed by atoms with E-state index >= 15 is 0 Å². The van der Waals surface area contributed by atoms with E-state index in [-0.39, 0.29) is 0 Å². The fourth-order valence-electron chi connectivity index (χ4n) is 2.76. The van der Waals surface area contributed by atoms with Crippen LogP contribution in [0.3, 0.4) is 0 Å². The van der Waals surface area contributed by atoms with Crippen molar-refractivity contribution in [3.8, 4) is 0 Å². The number of ketones is 1. The van der Waals surface area contributed by atoms with Gasteiger partial charge in [0.05, 0.1) is 0 Å². The van der Waals surface area contributed by atoms with Gasteiger partial charge in [0.1, 0.15) is 0 Å². The molecule has 0 atom stereocenters. The van der Waals surface area contributed by atoms with Crippen molar-refractivity contribution >= 4 is 5.78 Å². The van der Waals surface area contributed by atoms with Crippen LogP contribution in [0.2, 0.25) is 0 Å². The summed E-state index contributed by atoms with van der Waals surface area (Å²) in [5, 5.41) is 0. The van der Waals surface area contributed by atoms with Crippen LogP contribution in [0.1, 0.15) is 54.9 Å². The highest BCUT2D eigenvalue weighted by Crippen LogP contribution is 2.12. The summed E-state index contributed by atoms with van der Waals surface area (Å²) in [6.07, 6.45) is 6.70. The highest BCUT2D eigenvalue weighted by atomic mass is 16.1. The largest absolute Gasteiger partial charge is 0.303 e. The zero-order valence-electron chi connectivity index (χ0n) is 12.0. The molecule has 1 aliphatic heterocycles. The molecule has 2 heteroatoms. The van der Waals surface area contributed by atoms with Crippen molar-refractivity contribution in [2.75, 3.05) is 19.6 Å². The lowest BCUT2D eigenvalue weighted by Crippen LogP contribution is -2.30. The van der Waals surface area contributed by atoms with Crippen molar-refractivity contribution in [2.24, 2.45) is 0 Å². The fraction of sp³-hybridized carbons (Fsp3) is 0.588. The Morgan fingerprint density at radius 3 is 2.74 bits per heavy atom. The number of aryl methyl sites for hydroxylation is 1. The molecular weight excluding hydrogens is 234 g/mol. The molecule has 0 N–H and O–H groups in total. The summed E-state index contributed by atoms with van der Waals surface area (Å²) in [6.45, 7) is 5.65. The number of piperidine rings is 1. The molecule has 0 spiro atoms. The zero-order chi connectivity index (χ0) is 13.5. The highest BCUT2D eigenvalue weighted by molar-refractivity contribution is 5.96. The predicted molar refractivity (Wildman–Crippen MR) is 79.7 cm³/mol. The van der Waals surface area contributed by atoms with Gasteiger partial charge in [-0.2, -0.15) is 0 Å². The van der Waals surface area contributed by atoms with E-state index < -0.39 is 0 Å². The SMILES string of the molecule is CCc1cccc(C(=O)CCCN2CCCCC2)c1. The first-order valence-electron chi connectivity index (χ1n) is 7.64. The van der Waals surface area contributed by atoms with Crippen LogP contribution < -0.4 is 0 Å². The third-order valence-corrected chi connectivity index (χ3v) is 3.98. The predicted octanol–water partition coefficient (Wildman–Crippen LogP) is 3.70. The molecule has 2 rings (SSSR count). The second kappa shape index (κ2) is 7.44. The zero-order valence-corrected chi connectivity index (χ0v) is 12.0. The lowest BCUT2D eigenvalue weighted by Gasteiger charge is -2.26. The van der Waals surface area contributed by atoms with Crippen LogP contribution in [-0.2, 0) is 6.42 Å². The van der Waals surface area contributed by atoms with Crippen molar-refractivity contribution in [3.63, 3.8) is 0 Å². The normalized spacial score (nSPS) is 16.5. The molecule has 0 radical (unpaired) electrons. The number of hydrogen-bond acceptors (Lipinski definition) is 2. The third-order valence-electron chi connectivity index (χ3n) is 3.98. The van der Waals surface area contributed by atoms with Crippen molar-refractivity contribution in [1.82, 2.24) is 4.90 Å². The molecule has 0 aliphatic carbocycles. The molecule has 0 saturated carbocycles. The molecule has 0 aromatic heterocycles. The minimum absolute atomic E-state index is 0.298. The molecule has 1 fully saturated rings. The molecule has 1 aliphatic rings. The van der Waals surface area contributed by atoms with Crippen molar-refractivity contribution in [3.05, 3.63) is 35.4 Å². The Morgan fingerprint density at radius 1 is 1.21 bits per heavy atom. The number of hydrogen-bond donors (Lipinski definition) is 0. The molecule has 0 bridgehead atoms. The quantitative estimate of drug-likeness (QED) is 0.726. The lowest BCUT2D eigenvalue weighted by atomic mass is 10.0. The summed E-state index contributed by atoms with van der Waals surface area (Å²) in [4.78, 5) is 14.6. The smallest absolute Gasteiger partial charge is 0.162 e. The molecule has 1 saturated heterocycles. The Labute approximate surface area is 116 Å². The highest BCUT2D eigenvalue weighted by Gasteiger charge is 2.11. The second-order valence-corrected chi connectivity index (χ2v) is 5.48. The standard InChI is InChI=1S/C17H25NO/c1-2-15-8-6-9-16(14-15)17(19)10-7-13-18-11-4-3-5-12-18/h6,8-9,14H,2-5,7,10-13H2,1H3. The van der Waals surface area contributed by atoms with E-state index in [1.807, 2.05) is 18.2 Å². The van der Waals surface area contributed by atoms with Gasteiger partial charge in [-0.25, -0.2) is 0 Å². The number of carbonyl (C=O) groups is 1. The molecule has 0 amide bonds. The summed E-state index contributed by atoms with van der Waals surface area (Å²) >= 11 is 0. The van der Waals surface area contributed by atoms with Crippen molar-refractivity contribution < 1.29 is 4.79 Å². The summed E-state index contributed by atoms with van der Waals surface area (Å²) in [7, 11) is 0. The van der Waals surface area contributed by atoms with E-state index in [4.69, 9.17) is 0 Å². The number of nitrogens with zero attached hydrogens (tertiary/aromatic N) is 1. The second-order valence-electron chi connectivity index (χ2n) is 5.48. The van der Waals surface area contributed by atoms with E-state index in [0.29, 0.717) is 12.2 Å². The van der Waals surface area contributed by atoms with Crippen LogP contribution in [0, 0.1) is 0 Å². The number of carbonyl (C=O) groups excluding carboxylic acids is 1. The van der Waals surface area contributed by atoms with Crippen LogP contribution >= 0.6 is 0 Å². The maximum atomic E-state index is 12.1. The summed E-state index contributed by atoms with van der Waals surface area (Å²) in [6, 6.07) is 8.08. The van der Waals surface area contributed by atoms with Gasteiger partial charge in [-0.3, -0.25) is 4.79 Å². The van der Waals surface area contributed by atoms with Gasteiger partial charge in [0.2, 0.25) is 0 Å². The van der Waals surface area contributed by atoms with E-state index in [2.05, 4.69) is 17.9 Å². The van der Waals surface area contributed by atoms with Crippen LogP contribution in [0.25, 0.3) is 0 Å². The first-order chi connectivity index (χ1) is 9.29. The van der Waals surface area contributed by atoms with Gasteiger partial charge >= 0.3 is 0 Å². The summed E-state index contributed by atoms with van der Waals surface area (Å²) < 4.78 is 0. The van der Waals surface area contributed by atoms with Gasteiger partial charge < -0.3 is 4.90 Å². The van der Waals surface area contributed by atoms with Crippen LogP contribution in [0.5, 0.6) is 0 Å². The Balaban J connectivity index is 1.77. The number of likely N-dealkylation sites (tertiary alicyclic amines) is 1. The summed E-state index contributed by atoms with van der Waals surface area (Å²) in [5.41, 5.74) is 2.14. The monoisotopic (exact) mass is 259 g/mol. The minimum atomic E-state index is 0.298. The Kier molecular flexibility index (Phi) is 5.59. The third kappa shape index (κ3) is 4.46. The molecule has 2 nitrogen and oxygen atoms in total. The van der Waals surface area contributed by atoms with E-state index in [0.717, 1.165) is 24.9 Å². The number of rotatable bonds is 6. The molecular formula is C17H25NO. The molecule has 1 aromatic carbocycles. The van der Waals surface area contributed by atoms with E-state index in [1.165, 1.54) is 37.9 Å². The molecule has 104 valence electrons. The molecule has 1 aromatic rings. The van der Waals surface area contributed by atoms with E-state index in [9.17, 15) is 4.79 Å². The topological polar surface area (TPSA) is 20.3 Å². The Morgan fingerprint density at radius 2 is 2.00 bits per heavy atom. The maximum absolute atomic E-state index is 12.1. The summed E-state index contributed by atoms with van der Waals surface area (Å²) in [5.74, 6) is 0.298. The van der Waals surface area contributed by atoms with Crippen LogP contribution in [0.4, 0.5) is 0 Å². The molecule has 0 unspecified atom stereocenters. The van der Waals surface area contributed by atoms with Gasteiger partial charge in [-0.1, -0.05) is 31.5 Å². The Hall–Kier alpha value is -1.15. The molecule has 1 heterocycles.